The number of carbonyl (C=O) groups is 1. The van der Waals surface area contributed by atoms with Crippen LogP contribution in [-0.4, -0.2) is 19.5 Å². The highest BCUT2D eigenvalue weighted by molar-refractivity contribution is 5.85. The van der Waals surface area contributed by atoms with Crippen LogP contribution in [0.5, 0.6) is 0 Å². The Labute approximate surface area is 101 Å². The van der Waals surface area contributed by atoms with Gasteiger partial charge >= 0.3 is 0 Å². The molecule has 0 saturated carbocycles. The first-order valence-corrected chi connectivity index (χ1v) is 4.80. The topological polar surface area (TPSA) is 41.1 Å². The second-order valence-electron chi connectivity index (χ2n) is 3.39. The van der Waals surface area contributed by atoms with E-state index in [4.69, 9.17) is 0 Å². The van der Waals surface area contributed by atoms with Crippen LogP contribution in [0.3, 0.4) is 0 Å². The summed E-state index contributed by atoms with van der Waals surface area (Å²) in [5.41, 5.74) is 1.49. The molecular weight excluding hydrogens is 231 g/mol. The summed E-state index contributed by atoms with van der Waals surface area (Å²) in [7, 11) is 1.71. The van der Waals surface area contributed by atoms with Gasteiger partial charge in [0.1, 0.15) is 5.82 Å². The Morgan fingerprint density at radius 3 is 2.69 bits per heavy atom. The van der Waals surface area contributed by atoms with E-state index in [2.05, 4.69) is 10.6 Å². The maximum absolute atomic E-state index is 12.9. The van der Waals surface area contributed by atoms with Crippen molar-refractivity contribution in [2.24, 2.45) is 0 Å². The minimum Gasteiger partial charge on any atom is -0.351 e. The van der Waals surface area contributed by atoms with E-state index >= 15 is 0 Å². The van der Waals surface area contributed by atoms with Gasteiger partial charge in [0.25, 0.3) is 0 Å². The fourth-order valence-corrected chi connectivity index (χ4v) is 1.24. The molecule has 16 heavy (non-hydrogen) atoms. The van der Waals surface area contributed by atoms with Crippen molar-refractivity contribution >= 4 is 18.3 Å². The van der Waals surface area contributed by atoms with Crippen LogP contribution in [-0.2, 0) is 11.3 Å². The normalized spacial score (nSPS) is 9.44. The Hall–Kier alpha value is -1.13. The van der Waals surface area contributed by atoms with E-state index in [0.717, 1.165) is 5.56 Å². The molecule has 0 aromatic heterocycles. The second kappa shape index (κ2) is 7.19. The second-order valence-corrected chi connectivity index (χ2v) is 3.39. The molecule has 0 heterocycles. The van der Waals surface area contributed by atoms with E-state index in [0.29, 0.717) is 18.7 Å². The van der Waals surface area contributed by atoms with Crippen LogP contribution in [0, 0.1) is 12.7 Å². The van der Waals surface area contributed by atoms with Crippen molar-refractivity contribution in [2.75, 3.05) is 13.6 Å². The molecule has 90 valence electrons. The minimum absolute atomic E-state index is 0. The number of carbonyl (C=O) groups excluding carboxylic acids is 1. The molecule has 0 fully saturated rings. The molecule has 1 aromatic carbocycles. The van der Waals surface area contributed by atoms with E-state index in [1.807, 2.05) is 0 Å². The van der Waals surface area contributed by atoms with E-state index < -0.39 is 0 Å². The van der Waals surface area contributed by atoms with Gasteiger partial charge in [0.05, 0.1) is 6.54 Å². The zero-order valence-electron chi connectivity index (χ0n) is 9.34. The van der Waals surface area contributed by atoms with Crippen LogP contribution < -0.4 is 10.6 Å². The highest BCUT2D eigenvalue weighted by atomic mass is 35.5. The van der Waals surface area contributed by atoms with E-state index in [-0.39, 0.29) is 24.1 Å². The SMILES string of the molecule is CNCC(=O)NCc1ccc(F)c(C)c1.Cl. The van der Waals surface area contributed by atoms with Gasteiger partial charge in [0, 0.05) is 6.54 Å². The number of likely N-dealkylation sites (N-methyl/N-ethyl adjacent to an activating group) is 1. The molecule has 0 saturated heterocycles. The van der Waals surface area contributed by atoms with Crippen LogP contribution in [0.2, 0.25) is 0 Å². The number of amides is 1. The molecule has 0 atom stereocenters. The summed E-state index contributed by atoms with van der Waals surface area (Å²) in [6, 6.07) is 4.81. The molecule has 0 unspecified atom stereocenters. The zero-order chi connectivity index (χ0) is 11.3. The van der Waals surface area contributed by atoms with Crippen LogP contribution in [0.15, 0.2) is 18.2 Å². The number of rotatable bonds is 4. The molecule has 1 aromatic rings. The monoisotopic (exact) mass is 246 g/mol. The fourth-order valence-electron chi connectivity index (χ4n) is 1.24. The summed E-state index contributed by atoms with van der Waals surface area (Å²) >= 11 is 0. The summed E-state index contributed by atoms with van der Waals surface area (Å²) in [6.45, 7) is 2.43. The molecule has 0 aliphatic carbocycles. The van der Waals surface area contributed by atoms with Gasteiger partial charge in [-0.3, -0.25) is 4.79 Å². The van der Waals surface area contributed by atoms with Crippen molar-refractivity contribution in [1.29, 1.82) is 0 Å². The molecular formula is C11H16ClFN2O. The van der Waals surface area contributed by atoms with Crippen molar-refractivity contribution in [3.05, 3.63) is 35.1 Å². The Balaban J connectivity index is 0.00000225. The zero-order valence-corrected chi connectivity index (χ0v) is 10.2. The lowest BCUT2D eigenvalue weighted by molar-refractivity contribution is -0.120. The highest BCUT2D eigenvalue weighted by Gasteiger charge is 2.01. The summed E-state index contributed by atoms with van der Waals surface area (Å²) in [5.74, 6) is -0.292. The Bertz CT molecular complexity index is 358. The smallest absolute Gasteiger partial charge is 0.234 e. The lowest BCUT2D eigenvalue weighted by Crippen LogP contribution is -2.31. The fraction of sp³-hybridized carbons (Fsp3) is 0.364. The molecule has 2 N–H and O–H groups in total. The maximum atomic E-state index is 12.9. The lowest BCUT2D eigenvalue weighted by atomic mass is 10.1. The predicted molar refractivity (Wildman–Crippen MR) is 64.2 cm³/mol. The summed E-state index contributed by atoms with van der Waals surface area (Å²) in [5, 5.41) is 5.47. The quantitative estimate of drug-likeness (QED) is 0.843. The van der Waals surface area contributed by atoms with Crippen molar-refractivity contribution in [1.82, 2.24) is 10.6 Å². The molecule has 0 aliphatic heterocycles. The number of halogens is 2. The third-order valence-electron chi connectivity index (χ3n) is 2.05. The third kappa shape index (κ3) is 4.59. The van der Waals surface area contributed by atoms with Gasteiger partial charge in [-0.15, -0.1) is 12.4 Å². The average Bonchev–Trinajstić information content (AvgIpc) is 2.20. The van der Waals surface area contributed by atoms with Crippen LogP contribution in [0.1, 0.15) is 11.1 Å². The van der Waals surface area contributed by atoms with Gasteiger partial charge in [-0.2, -0.15) is 0 Å². The van der Waals surface area contributed by atoms with Gasteiger partial charge in [0.2, 0.25) is 5.91 Å². The first-order valence-electron chi connectivity index (χ1n) is 4.80. The summed E-state index contributed by atoms with van der Waals surface area (Å²) in [6.07, 6.45) is 0. The molecule has 0 spiro atoms. The first-order chi connectivity index (χ1) is 7.13. The van der Waals surface area contributed by atoms with Gasteiger partial charge in [-0.1, -0.05) is 12.1 Å². The number of benzene rings is 1. The van der Waals surface area contributed by atoms with Crippen LogP contribution >= 0.6 is 12.4 Å². The van der Waals surface area contributed by atoms with Crippen LogP contribution in [0.25, 0.3) is 0 Å². The lowest BCUT2D eigenvalue weighted by Gasteiger charge is -2.06. The molecule has 0 bridgehead atoms. The number of hydrogen-bond donors (Lipinski definition) is 2. The van der Waals surface area contributed by atoms with Gasteiger partial charge in [0.15, 0.2) is 0 Å². The van der Waals surface area contributed by atoms with E-state index in [1.165, 1.54) is 6.07 Å². The van der Waals surface area contributed by atoms with Crippen molar-refractivity contribution in [3.63, 3.8) is 0 Å². The van der Waals surface area contributed by atoms with E-state index in [1.54, 1.807) is 26.1 Å². The summed E-state index contributed by atoms with van der Waals surface area (Å²) in [4.78, 5) is 11.1. The highest BCUT2D eigenvalue weighted by Crippen LogP contribution is 2.08. The van der Waals surface area contributed by atoms with Crippen molar-refractivity contribution in [3.8, 4) is 0 Å². The van der Waals surface area contributed by atoms with Gasteiger partial charge in [-0.05, 0) is 31.2 Å². The van der Waals surface area contributed by atoms with Gasteiger partial charge < -0.3 is 10.6 Å². The molecule has 5 heteroatoms. The first kappa shape index (κ1) is 14.9. The van der Waals surface area contributed by atoms with Crippen LogP contribution in [0.4, 0.5) is 4.39 Å². The van der Waals surface area contributed by atoms with Crippen molar-refractivity contribution in [2.45, 2.75) is 13.5 Å². The third-order valence-corrected chi connectivity index (χ3v) is 2.05. The Kier molecular flexibility index (Phi) is 6.69. The number of nitrogens with one attached hydrogen (secondary N) is 2. The average molecular weight is 247 g/mol. The van der Waals surface area contributed by atoms with Crippen molar-refractivity contribution < 1.29 is 9.18 Å². The number of aryl methyl sites for hydroxylation is 1. The molecule has 1 amide bonds. The maximum Gasteiger partial charge on any atom is 0.234 e. The largest absolute Gasteiger partial charge is 0.351 e. The minimum atomic E-state index is -0.222. The molecule has 0 aliphatic rings. The standard InChI is InChI=1S/C11H15FN2O.ClH/c1-8-5-9(3-4-10(8)12)6-14-11(15)7-13-2;/h3-5,13H,6-7H2,1-2H3,(H,14,15);1H. The predicted octanol–water partition coefficient (Wildman–Crippen LogP) is 1.39. The Morgan fingerprint density at radius 2 is 2.12 bits per heavy atom. The van der Waals surface area contributed by atoms with Gasteiger partial charge in [-0.25, -0.2) is 4.39 Å². The van der Waals surface area contributed by atoms with E-state index in [9.17, 15) is 9.18 Å². The molecule has 3 nitrogen and oxygen atoms in total. The molecule has 0 radical (unpaired) electrons. The molecule has 1 rings (SSSR count). The number of hydrogen-bond acceptors (Lipinski definition) is 2. The summed E-state index contributed by atoms with van der Waals surface area (Å²) < 4.78 is 12.9. The Morgan fingerprint density at radius 1 is 1.44 bits per heavy atom.